The third-order valence-electron chi connectivity index (χ3n) is 5.71. The third-order valence-corrected chi connectivity index (χ3v) is 8.54. The molecule has 0 bridgehead atoms. The fraction of sp³-hybridized carbons (Fsp3) is 0.391. The largest absolute Gasteiger partial charge is 0.376 e. The second-order valence-corrected chi connectivity index (χ2v) is 11.1. The molecule has 8 heteroatoms. The molecule has 164 valence electrons. The monoisotopic (exact) mass is 458 g/mol. The highest BCUT2D eigenvalue weighted by atomic mass is 32.2. The molecule has 6 nitrogen and oxygen atoms in total. The van der Waals surface area contributed by atoms with Gasteiger partial charge in [-0.1, -0.05) is 30.4 Å². The number of amides is 1. The van der Waals surface area contributed by atoms with E-state index in [4.69, 9.17) is 9.72 Å². The fourth-order valence-electron chi connectivity index (χ4n) is 3.74. The molecule has 1 fully saturated rings. The lowest BCUT2D eigenvalue weighted by Gasteiger charge is -2.24. The van der Waals surface area contributed by atoms with E-state index in [1.165, 1.54) is 23.0 Å². The summed E-state index contributed by atoms with van der Waals surface area (Å²) in [6.07, 6.45) is 1.72. The normalized spacial score (nSPS) is 16.7. The molecule has 1 saturated heterocycles. The Bertz CT molecular complexity index is 1190. The fourth-order valence-corrected chi connectivity index (χ4v) is 5.88. The summed E-state index contributed by atoms with van der Waals surface area (Å²) in [4.78, 5) is 20.1. The lowest BCUT2D eigenvalue weighted by molar-refractivity contribution is 0.0915. The first-order valence-corrected chi connectivity index (χ1v) is 12.9. The number of nitrogens with zero attached hydrogens (tertiary/aromatic N) is 2. The van der Waals surface area contributed by atoms with Gasteiger partial charge in [0, 0.05) is 6.61 Å². The zero-order valence-electron chi connectivity index (χ0n) is 17.9. The second-order valence-electron chi connectivity index (χ2n) is 7.85. The number of benzene rings is 2. The molecule has 3 aromatic rings. The van der Waals surface area contributed by atoms with Gasteiger partial charge in [0.25, 0.3) is 5.91 Å². The van der Waals surface area contributed by atoms with E-state index < -0.39 is 9.84 Å². The minimum absolute atomic E-state index is 0.0626. The van der Waals surface area contributed by atoms with E-state index in [0.717, 1.165) is 28.6 Å². The number of ether oxygens (including phenoxy) is 1. The van der Waals surface area contributed by atoms with Gasteiger partial charge in [0.1, 0.15) is 0 Å². The Balaban J connectivity index is 1.80. The predicted octanol–water partition coefficient (Wildman–Crippen LogP) is 4.53. The number of hydrogen-bond donors (Lipinski definition) is 0. The first-order valence-electron chi connectivity index (χ1n) is 10.4. The minimum atomic E-state index is -3.55. The zero-order valence-corrected chi connectivity index (χ0v) is 19.6. The van der Waals surface area contributed by atoms with Crippen LogP contribution in [0.25, 0.3) is 10.2 Å². The van der Waals surface area contributed by atoms with Crippen LogP contribution in [0.4, 0.5) is 5.13 Å². The molecule has 1 aliphatic heterocycles. The van der Waals surface area contributed by atoms with E-state index in [1.54, 1.807) is 30.0 Å². The molecular formula is C23H26N2O4S2. The van der Waals surface area contributed by atoms with Crippen LogP contribution in [0.5, 0.6) is 0 Å². The van der Waals surface area contributed by atoms with Gasteiger partial charge in [0.05, 0.1) is 39.1 Å². The van der Waals surface area contributed by atoms with Gasteiger partial charge in [0.15, 0.2) is 15.0 Å². The molecule has 31 heavy (non-hydrogen) atoms. The molecule has 2 heterocycles. The summed E-state index contributed by atoms with van der Waals surface area (Å²) < 4.78 is 32.1. The van der Waals surface area contributed by atoms with Crippen molar-refractivity contribution in [3.8, 4) is 0 Å². The van der Waals surface area contributed by atoms with E-state index in [9.17, 15) is 13.2 Å². The molecule has 1 atom stereocenters. The van der Waals surface area contributed by atoms with E-state index >= 15 is 0 Å². The van der Waals surface area contributed by atoms with Gasteiger partial charge in [-0.3, -0.25) is 9.69 Å². The summed E-state index contributed by atoms with van der Waals surface area (Å²) in [7, 11) is -3.55. The Hall–Kier alpha value is -2.29. The van der Waals surface area contributed by atoms with Crippen molar-refractivity contribution in [3.63, 3.8) is 0 Å². The average molecular weight is 459 g/mol. The third kappa shape index (κ3) is 4.37. The van der Waals surface area contributed by atoms with Crippen LogP contribution in [-0.4, -0.2) is 44.3 Å². The molecule has 0 radical (unpaired) electrons. The van der Waals surface area contributed by atoms with E-state index in [0.29, 0.717) is 18.3 Å². The number of aryl methyl sites for hydroxylation is 2. The molecule has 4 rings (SSSR count). The number of anilines is 1. The van der Waals surface area contributed by atoms with Crippen molar-refractivity contribution < 1.29 is 17.9 Å². The number of rotatable bonds is 6. The first-order chi connectivity index (χ1) is 14.8. The Kier molecular flexibility index (Phi) is 6.14. The molecule has 2 aromatic carbocycles. The number of hydrogen-bond acceptors (Lipinski definition) is 6. The lowest BCUT2D eigenvalue weighted by atomic mass is 10.1. The van der Waals surface area contributed by atoms with Gasteiger partial charge in [-0.25, -0.2) is 13.4 Å². The molecule has 0 spiro atoms. The van der Waals surface area contributed by atoms with Gasteiger partial charge in [0.2, 0.25) is 0 Å². The van der Waals surface area contributed by atoms with Crippen molar-refractivity contribution in [2.24, 2.45) is 0 Å². The topological polar surface area (TPSA) is 76.6 Å². The van der Waals surface area contributed by atoms with Crippen LogP contribution >= 0.6 is 11.3 Å². The molecule has 0 aliphatic carbocycles. The van der Waals surface area contributed by atoms with E-state index in [2.05, 4.69) is 13.0 Å². The molecule has 0 saturated carbocycles. The number of carbonyl (C=O) groups excluding carboxylic acids is 1. The highest BCUT2D eigenvalue weighted by Gasteiger charge is 2.30. The van der Waals surface area contributed by atoms with E-state index in [-0.39, 0.29) is 28.2 Å². The lowest BCUT2D eigenvalue weighted by Crippen LogP contribution is -2.38. The van der Waals surface area contributed by atoms with Crippen molar-refractivity contribution in [1.29, 1.82) is 0 Å². The molecule has 1 aromatic heterocycles. The molecule has 0 N–H and O–H groups in total. The van der Waals surface area contributed by atoms with Crippen LogP contribution in [0, 0.1) is 13.8 Å². The van der Waals surface area contributed by atoms with E-state index in [1.807, 2.05) is 13.0 Å². The number of carbonyl (C=O) groups is 1. The first kappa shape index (κ1) is 21.9. The summed E-state index contributed by atoms with van der Waals surface area (Å²) in [5.74, 6) is -0.432. The average Bonchev–Trinajstić information content (AvgIpc) is 3.41. The Labute approximate surface area is 186 Å². The van der Waals surface area contributed by atoms with Gasteiger partial charge >= 0.3 is 0 Å². The summed E-state index contributed by atoms with van der Waals surface area (Å²) in [6.45, 7) is 6.69. The number of fused-ring (bicyclic) bond motifs is 1. The Morgan fingerprint density at radius 2 is 1.97 bits per heavy atom. The maximum Gasteiger partial charge on any atom is 0.261 e. The molecular weight excluding hydrogens is 432 g/mol. The quantitative estimate of drug-likeness (QED) is 0.542. The summed E-state index contributed by atoms with van der Waals surface area (Å²) in [6, 6.07) is 10.5. The predicted molar refractivity (Wildman–Crippen MR) is 124 cm³/mol. The summed E-state index contributed by atoms with van der Waals surface area (Å²) >= 11 is 1.44. The molecule has 1 aliphatic rings. The van der Waals surface area contributed by atoms with Gasteiger partial charge in [-0.05, 0) is 62.1 Å². The molecule has 1 unspecified atom stereocenters. The number of sulfone groups is 1. The zero-order chi connectivity index (χ0) is 22.2. The van der Waals surface area contributed by atoms with Crippen LogP contribution in [0.15, 0.2) is 41.3 Å². The van der Waals surface area contributed by atoms with Crippen molar-refractivity contribution in [3.05, 3.63) is 53.1 Å². The smallest absolute Gasteiger partial charge is 0.261 e. The highest BCUT2D eigenvalue weighted by Crippen LogP contribution is 2.33. The number of aromatic nitrogens is 1. The maximum atomic E-state index is 13.7. The van der Waals surface area contributed by atoms with Crippen molar-refractivity contribution in [1.82, 2.24) is 4.98 Å². The van der Waals surface area contributed by atoms with Crippen LogP contribution in [0.1, 0.15) is 41.3 Å². The summed E-state index contributed by atoms with van der Waals surface area (Å²) in [5, 5.41) is 0.559. The van der Waals surface area contributed by atoms with Crippen molar-refractivity contribution >= 4 is 42.4 Å². The Morgan fingerprint density at radius 3 is 2.68 bits per heavy atom. The standard InChI is InChI=1S/C23H26N2O4S2/c1-4-31(27,28)21-10-6-5-9-18(21)22(26)25(14-17-8-7-11-29-17)23-24-19-12-15(2)16(3)13-20(19)30-23/h5-6,9-10,12-13,17H,4,7-8,11,14H2,1-3H3. The SMILES string of the molecule is CCS(=O)(=O)c1ccccc1C(=O)N(CC1CCCO1)c1nc2cc(C)c(C)cc2s1. The van der Waals surface area contributed by atoms with Gasteiger partial charge in [-0.15, -0.1) is 0 Å². The minimum Gasteiger partial charge on any atom is -0.376 e. The van der Waals surface area contributed by atoms with Crippen LogP contribution < -0.4 is 4.90 Å². The van der Waals surface area contributed by atoms with Gasteiger partial charge in [-0.2, -0.15) is 0 Å². The van der Waals surface area contributed by atoms with Crippen LogP contribution in [0.2, 0.25) is 0 Å². The highest BCUT2D eigenvalue weighted by molar-refractivity contribution is 7.91. The summed E-state index contributed by atoms with van der Waals surface area (Å²) in [5.41, 5.74) is 3.32. The van der Waals surface area contributed by atoms with Crippen molar-refractivity contribution in [2.75, 3.05) is 23.8 Å². The maximum absolute atomic E-state index is 13.7. The van der Waals surface area contributed by atoms with Crippen LogP contribution in [-0.2, 0) is 14.6 Å². The van der Waals surface area contributed by atoms with Crippen LogP contribution in [0.3, 0.4) is 0 Å². The van der Waals surface area contributed by atoms with Gasteiger partial charge < -0.3 is 4.74 Å². The molecule has 1 amide bonds. The second kappa shape index (κ2) is 8.68. The van der Waals surface area contributed by atoms with Crippen molar-refractivity contribution in [2.45, 2.75) is 44.6 Å². The Morgan fingerprint density at radius 1 is 1.23 bits per heavy atom. The number of thiazole rings is 1.